The van der Waals surface area contributed by atoms with Gasteiger partial charge >= 0.3 is 12.3 Å². The van der Waals surface area contributed by atoms with Crippen LogP contribution in [-0.2, 0) is 17.3 Å². The molecule has 4 aliphatic rings. The van der Waals surface area contributed by atoms with Gasteiger partial charge in [0.25, 0.3) is 5.91 Å². The van der Waals surface area contributed by atoms with Crippen LogP contribution in [0.3, 0.4) is 0 Å². The highest BCUT2D eigenvalue weighted by Gasteiger charge is 2.55. The molecule has 4 fully saturated rings. The number of methoxy groups -OCH3 is 1. The summed E-state index contributed by atoms with van der Waals surface area (Å²) in [6.45, 7) is 0. The number of carbonyl (C=O) groups is 2. The van der Waals surface area contributed by atoms with Crippen molar-refractivity contribution in [2.75, 3.05) is 7.11 Å². The van der Waals surface area contributed by atoms with E-state index in [9.17, 15) is 32.7 Å². The van der Waals surface area contributed by atoms with Gasteiger partial charge in [-0.25, -0.2) is 9.78 Å². The van der Waals surface area contributed by atoms with E-state index >= 15 is 0 Å². The zero-order valence-electron chi connectivity index (χ0n) is 25.4. The Balaban J connectivity index is 1.24. The largest absolute Gasteiger partial charge is 0.514 e. The molecule has 244 valence electrons. The van der Waals surface area contributed by atoms with Gasteiger partial charge in [0, 0.05) is 18.0 Å². The summed E-state index contributed by atoms with van der Waals surface area (Å²) < 4.78 is 52.5. The van der Waals surface area contributed by atoms with E-state index in [2.05, 4.69) is 10.3 Å². The summed E-state index contributed by atoms with van der Waals surface area (Å²) in [6, 6.07) is 16.6. The van der Waals surface area contributed by atoms with Crippen molar-refractivity contribution in [3.05, 3.63) is 99.3 Å². The average Bonchev–Trinajstić information content (AvgIpc) is 3.03. The van der Waals surface area contributed by atoms with Crippen molar-refractivity contribution in [3.63, 3.8) is 0 Å². The number of nitrogens with zero attached hydrogens (tertiary/aromatic N) is 2. The second kappa shape index (κ2) is 11.5. The van der Waals surface area contributed by atoms with Gasteiger partial charge in [-0.2, -0.15) is 13.2 Å². The molecule has 12 heteroatoms. The van der Waals surface area contributed by atoms with Gasteiger partial charge < -0.3 is 19.9 Å². The third-order valence-corrected chi connectivity index (χ3v) is 9.85. The molecule has 4 aliphatic carbocycles. The molecular weight excluding hydrogens is 615 g/mol. The van der Waals surface area contributed by atoms with Crippen molar-refractivity contribution in [3.8, 4) is 11.6 Å². The molecule has 47 heavy (non-hydrogen) atoms. The van der Waals surface area contributed by atoms with Crippen molar-refractivity contribution in [1.82, 2.24) is 14.9 Å². The maximum absolute atomic E-state index is 13.9. The predicted molar refractivity (Wildman–Crippen MR) is 164 cm³/mol. The Kier molecular flexibility index (Phi) is 7.58. The Morgan fingerprint density at radius 2 is 1.68 bits per heavy atom. The van der Waals surface area contributed by atoms with Gasteiger partial charge in [0.1, 0.15) is 5.69 Å². The second-order valence-corrected chi connectivity index (χ2v) is 13.0. The van der Waals surface area contributed by atoms with Crippen LogP contribution in [0.25, 0.3) is 16.7 Å². The number of fused-ring (bicyclic) bond motifs is 1. The summed E-state index contributed by atoms with van der Waals surface area (Å²) in [6.07, 6.45) is -1.75. The zero-order chi connectivity index (χ0) is 33.1. The standard InChI is InChI=1S/C35H32F3N3O6/c1-46-33(44)47-32-26(29(42)25-11-12-27(35(36,37)38)39-30(25)41(32)24-5-3-2-4-6-24)15-19-7-9-21(10-8-19)31(43)40-28-22-13-20-14-23(28)18-34(45,16-20)17-22/h2-12,20,22-23,28,45H,13-18H2,1H3,(H,40,43)/t20-,22-,23+,28-,34+. The molecule has 4 aromatic rings. The summed E-state index contributed by atoms with van der Waals surface area (Å²) in [5.74, 6) is 0.465. The fourth-order valence-electron chi connectivity index (χ4n) is 8.07. The van der Waals surface area contributed by atoms with Crippen LogP contribution in [-0.4, -0.2) is 45.5 Å². The van der Waals surface area contributed by atoms with Crippen molar-refractivity contribution in [2.45, 2.75) is 56.3 Å². The van der Waals surface area contributed by atoms with Crippen LogP contribution in [0.15, 0.2) is 71.5 Å². The molecular formula is C35H32F3N3O6. The van der Waals surface area contributed by atoms with Crippen molar-refractivity contribution >= 4 is 23.1 Å². The summed E-state index contributed by atoms with van der Waals surface area (Å²) in [5.41, 5.74) is -1.54. The number of carbonyl (C=O) groups excluding carboxylic acids is 2. The number of amides is 1. The van der Waals surface area contributed by atoms with E-state index in [-0.39, 0.29) is 52.7 Å². The Hall–Kier alpha value is -4.71. The molecule has 0 unspecified atom stereocenters. The number of benzene rings is 2. The van der Waals surface area contributed by atoms with E-state index < -0.39 is 29.1 Å². The first-order chi connectivity index (χ1) is 22.4. The number of hydrogen-bond donors (Lipinski definition) is 2. The smallest absolute Gasteiger partial charge is 0.437 e. The van der Waals surface area contributed by atoms with Crippen LogP contribution < -0.4 is 15.5 Å². The normalized spacial score (nSPS) is 24.7. The Morgan fingerprint density at radius 1 is 1.00 bits per heavy atom. The van der Waals surface area contributed by atoms with Crippen molar-refractivity contribution in [1.29, 1.82) is 0 Å². The molecule has 4 saturated carbocycles. The fraction of sp³-hybridized carbons (Fsp3) is 0.371. The van der Waals surface area contributed by atoms with Crippen molar-refractivity contribution < 1.29 is 37.3 Å². The van der Waals surface area contributed by atoms with Gasteiger partial charge in [0.15, 0.2) is 11.1 Å². The highest BCUT2D eigenvalue weighted by Crippen LogP contribution is 2.55. The lowest BCUT2D eigenvalue weighted by molar-refractivity contribution is -0.141. The first kappa shape index (κ1) is 30.9. The molecule has 0 spiro atoms. The van der Waals surface area contributed by atoms with E-state index in [1.165, 1.54) is 4.57 Å². The first-order valence-corrected chi connectivity index (χ1v) is 15.5. The van der Waals surface area contributed by atoms with Gasteiger partial charge in [-0.1, -0.05) is 30.3 Å². The van der Waals surface area contributed by atoms with E-state index in [0.29, 0.717) is 35.6 Å². The maximum Gasteiger partial charge on any atom is 0.514 e. The van der Waals surface area contributed by atoms with E-state index in [4.69, 9.17) is 9.47 Å². The van der Waals surface area contributed by atoms with Gasteiger partial charge in [-0.15, -0.1) is 0 Å². The lowest BCUT2D eigenvalue weighted by Crippen LogP contribution is -2.61. The number of pyridine rings is 2. The minimum atomic E-state index is -4.79. The molecule has 0 aliphatic heterocycles. The summed E-state index contributed by atoms with van der Waals surface area (Å²) >= 11 is 0. The molecule has 0 radical (unpaired) electrons. The van der Waals surface area contributed by atoms with Crippen molar-refractivity contribution in [2.24, 2.45) is 17.8 Å². The Labute approximate surface area is 267 Å². The van der Waals surface area contributed by atoms with Crippen LogP contribution in [0.1, 0.15) is 59.3 Å². The third kappa shape index (κ3) is 5.75. The van der Waals surface area contributed by atoms with E-state index in [1.54, 1.807) is 54.6 Å². The van der Waals surface area contributed by atoms with Crippen LogP contribution >= 0.6 is 0 Å². The molecule has 1 amide bonds. The average molecular weight is 648 g/mol. The van der Waals surface area contributed by atoms with Crippen LogP contribution in [0, 0.1) is 17.8 Å². The molecule has 4 bridgehead atoms. The second-order valence-electron chi connectivity index (χ2n) is 13.0. The molecule has 5 atom stereocenters. The molecule has 8 rings (SSSR count). The molecule has 0 saturated heterocycles. The quantitative estimate of drug-likeness (QED) is 0.254. The Bertz CT molecular complexity index is 1910. The number of para-hydroxylation sites is 1. The van der Waals surface area contributed by atoms with Crippen LogP contribution in [0.5, 0.6) is 5.88 Å². The van der Waals surface area contributed by atoms with E-state index in [1.807, 2.05) is 0 Å². The van der Waals surface area contributed by atoms with Crippen LogP contribution in [0.4, 0.5) is 18.0 Å². The number of aliphatic hydroxyl groups is 1. The molecule has 2 heterocycles. The summed E-state index contributed by atoms with van der Waals surface area (Å²) in [4.78, 5) is 43.4. The number of alkyl halides is 3. The summed E-state index contributed by atoms with van der Waals surface area (Å²) in [5, 5.41) is 14.0. The number of aromatic nitrogens is 2. The number of hydrogen-bond acceptors (Lipinski definition) is 7. The zero-order valence-corrected chi connectivity index (χ0v) is 25.4. The maximum atomic E-state index is 13.9. The molecule has 2 N–H and O–H groups in total. The van der Waals surface area contributed by atoms with E-state index in [0.717, 1.165) is 38.5 Å². The number of rotatable bonds is 6. The fourth-order valence-corrected chi connectivity index (χ4v) is 8.07. The third-order valence-electron chi connectivity index (χ3n) is 9.85. The SMILES string of the molecule is COC(=O)Oc1c(Cc2ccc(C(=O)N[C@@H]3[C@@H]4C[C@@H]5C[C@H]3C[C@](O)(C5)C4)cc2)c(=O)c2ccc(C(F)(F)F)nc2n1-c1ccccc1. The first-order valence-electron chi connectivity index (χ1n) is 15.5. The highest BCUT2D eigenvalue weighted by molar-refractivity contribution is 5.94. The van der Waals surface area contributed by atoms with Gasteiger partial charge in [-0.3, -0.25) is 14.2 Å². The minimum absolute atomic E-state index is 0.0116. The lowest BCUT2D eigenvalue weighted by atomic mass is 9.52. The van der Waals surface area contributed by atoms with Gasteiger partial charge in [0.2, 0.25) is 5.88 Å². The molecule has 2 aromatic heterocycles. The topological polar surface area (TPSA) is 120 Å². The van der Waals surface area contributed by atoms with Gasteiger partial charge in [0.05, 0.1) is 29.3 Å². The summed E-state index contributed by atoms with van der Waals surface area (Å²) in [7, 11) is 1.07. The highest BCUT2D eigenvalue weighted by atomic mass is 19.4. The number of halogens is 3. The monoisotopic (exact) mass is 647 g/mol. The molecule has 9 nitrogen and oxygen atoms in total. The molecule has 2 aromatic carbocycles. The minimum Gasteiger partial charge on any atom is -0.437 e. The number of ether oxygens (including phenoxy) is 2. The number of nitrogens with one attached hydrogen (secondary N) is 1. The predicted octanol–water partition coefficient (Wildman–Crippen LogP) is 5.81. The lowest BCUT2D eigenvalue weighted by Gasteiger charge is -2.58. The van der Waals surface area contributed by atoms with Gasteiger partial charge in [-0.05, 0) is 91.8 Å². The van der Waals surface area contributed by atoms with Crippen LogP contribution in [0.2, 0.25) is 0 Å². The Morgan fingerprint density at radius 3 is 2.30 bits per heavy atom.